The highest BCUT2D eigenvalue weighted by atomic mass is 35.5. The second kappa shape index (κ2) is 6.41. The number of hydrogen-bond acceptors (Lipinski definition) is 4. The maximum atomic E-state index is 12.2. The van der Waals surface area contributed by atoms with Crippen LogP contribution in [-0.2, 0) is 9.59 Å². The maximum Gasteiger partial charge on any atom is 0.327 e. The smallest absolute Gasteiger partial charge is 0.327 e. The van der Waals surface area contributed by atoms with E-state index in [1.54, 1.807) is 11.9 Å². The van der Waals surface area contributed by atoms with Crippen LogP contribution < -0.4 is 5.32 Å². The molecule has 2 heterocycles. The second-order valence-corrected chi connectivity index (χ2v) is 5.19. The van der Waals surface area contributed by atoms with E-state index in [1.165, 1.54) is 4.90 Å². The van der Waals surface area contributed by atoms with Crippen LogP contribution in [-0.4, -0.2) is 77.9 Å². The Bertz CT molecular complexity index is 418. The van der Waals surface area contributed by atoms with E-state index in [0.29, 0.717) is 6.54 Å². The van der Waals surface area contributed by atoms with E-state index < -0.39 is 6.03 Å². The monoisotopic (exact) mass is 304 g/mol. The summed E-state index contributed by atoms with van der Waals surface area (Å²) in [5.41, 5.74) is 0. The molecule has 0 aliphatic carbocycles. The minimum Gasteiger partial charge on any atom is -0.336 e. The van der Waals surface area contributed by atoms with E-state index in [0.717, 1.165) is 11.4 Å². The van der Waals surface area contributed by atoms with Gasteiger partial charge in [-0.1, -0.05) is 0 Å². The largest absolute Gasteiger partial charge is 0.336 e. The SMILES string of the molecule is CC1NCCN(C(=O)CN2C(=O)CN(C)C2=O)C1C.Cl. The standard InChI is InChI=1S/C12H20N4O3.ClH/c1-8-9(2)15(5-4-13-8)11(18)7-16-10(17)6-14(3)12(16)19;/h8-9,13H,4-7H2,1-3H3;1H. The lowest BCUT2D eigenvalue weighted by Gasteiger charge is -2.39. The molecule has 0 aromatic rings. The van der Waals surface area contributed by atoms with E-state index >= 15 is 0 Å². The number of halogens is 1. The number of piperazine rings is 1. The Kier molecular flexibility index (Phi) is 5.35. The highest BCUT2D eigenvalue weighted by molar-refractivity contribution is 6.04. The minimum absolute atomic E-state index is 0. The summed E-state index contributed by atoms with van der Waals surface area (Å²) in [7, 11) is 1.56. The number of nitrogens with one attached hydrogen (secondary N) is 1. The average Bonchev–Trinajstić information content (AvgIpc) is 2.59. The minimum atomic E-state index is -0.394. The topological polar surface area (TPSA) is 73.0 Å². The number of hydrogen-bond donors (Lipinski definition) is 1. The zero-order valence-electron chi connectivity index (χ0n) is 12.0. The summed E-state index contributed by atoms with van der Waals surface area (Å²) in [6.07, 6.45) is 0. The van der Waals surface area contributed by atoms with Crippen molar-refractivity contribution in [2.45, 2.75) is 25.9 Å². The van der Waals surface area contributed by atoms with Gasteiger partial charge in [0.1, 0.15) is 13.1 Å². The summed E-state index contributed by atoms with van der Waals surface area (Å²) in [4.78, 5) is 39.7. The molecule has 2 rings (SSSR count). The number of amides is 4. The van der Waals surface area contributed by atoms with E-state index in [1.807, 2.05) is 13.8 Å². The number of likely N-dealkylation sites (N-methyl/N-ethyl adjacent to an activating group) is 1. The van der Waals surface area contributed by atoms with E-state index in [-0.39, 0.29) is 49.4 Å². The molecule has 7 nitrogen and oxygen atoms in total. The third kappa shape index (κ3) is 3.04. The molecule has 2 unspecified atom stereocenters. The lowest BCUT2D eigenvalue weighted by atomic mass is 10.1. The molecule has 2 aliphatic heterocycles. The molecular weight excluding hydrogens is 284 g/mol. The quantitative estimate of drug-likeness (QED) is 0.699. The van der Waals surface area contributed by atoms with Gasteiger partial charge in [0.2, 0.25) is 5.91 Å². The zero-order valence-corrected chi connectivity index (χ0v) is 12.8. The molecule has 0 aromatic heterocycles. The molecule has 8 heteroatoms. The van der Waals surface area contributed by atoms with E-state index in [4.69, 9.17) is 0 Å². The molecule has 0 spiro atoms. The summed E-state index contributed by atoms with van der Waals surface area (Å²) in [5.74, 6) is -0.477. The van der Waals surface area contributed by atoms with Gasteiger partial charge >= 0.3 is 6.03 Å². The van der Waals surface area contributed by atoms with Crippen molar-refractivity contribution in [3.05, 3.63) is 0 Å². The van der Waals surface area contributed by atoms with Crippen LogP contribution in [0.5, 0.6) is 0 Å². The summed E-state index contributed by atoms with van der Waals surface area (Å²) in [5, 5.41) is 3.29. The number of rotatable bonds is 2. The number of carbonyl (C=O) groups is 3. The Hall–Kier alpha value is -1.34. The Balaban J connectivity index is 0.00000200. The Morgan fingerprint density at radius 3 is 2.55 bits per heavy atom. The molecule has 2 atom stereocenters. The summed E-state index contributed by atoms with van der Waals surface area (Å²) >= 11 is 0. The van der Waals surface area contributed by atoms with Gasteiger partial charge in [-0.15, -0.1) is 12.4 Å². The predicted octanol–water partition coefficient (Wildman–Crippen LogP) is -0.489. The Labute approximate surface area is 124 Å². The molecule has 1 N–H and O–H groups in total. The van der Waals surface area contributed by atoms with Crippen LogP contribution in [0.25, 0.3) is 0 Å². The van der Waals surface area contributed by atoms with E-state index in [9.17, 15) is 14.4 Å². The van der Waals surface area contributed by atoms with Gasteiger partial charge < -0.3 is 15.1 Å². The van der Waals surface area contributed by atoms with Crippen molar-refractivity contribution in [2.24, 2.45) is 0 Å². The molecule has 0 radical (unpaired) electrons. The van der Waals surface area contributed by atoms with Crippen molar-refractivity contribution in [1.29, 1.82) is 0 Å². The first kappa shape index (κ1) is 16.7. The molecule has 2 saturated heterocycles. The normalized spacial score (nSPS) is 26.9. The first-order chi connectivity index (χ1) is 8.91. The van der Waals surface area contributed by atoms with Crippen molar-refractivity contribution in [2.75, 3.05) is 33.2 Å². The average molecular weight is 305 g/mol. The van der Waals surface area contributed by atoms with Gasteiger partial charge in [0.25, 0.3) is 5.91 Å². The van der Waals surface area contributed by atoms with Gasteiger partial charge in [0, 0.05) is 32.2 Å². The van der Waals surface area contributed by atoms with Crippen LogP contribution in [0.1, 0.15) is 13.8 Å². The van der Waals surface area contributed by atoms with Crippen molar-refractivity contribution in [3.63, 3.8) is 0 Å². The molecule has 2 fully saturated rings. The van der Waals surface area contributed by atoms with Crippen LogP contribution in [0.3, 0.4) is 0 Å². The maximum absolute atomic E-state index is 12.2. The number of carbonyl (C=O) groups excluding carboxylic acids is 3. The molecule has 114 valence electrons. The van der Waals surface area contributed by atoms with Gasteiger partial charge in [0.15, 0.2) is 0 Å². The number of imide groups is 1. The highest BCUT2D eigenvalue weighted by Crippen LogP contribution is 2.12. The lowest BCUT2D eigenvalue weighted by Crippen LogP contribution is -2.59. The fourth-order valence-electron chi connectivity index (χ4n) is 2.46. The Morgan fingerprint density at radius 2 is 2.00 bits per heavy atom. The van der Waals surface area contributed by atoms with Crippen molar-refractivity contribution in [1.82, 2.24) is 20.0 Å². The predicted molar refractivity (Wildman–Crippen MR) is 75.6 cm³/mol. The third-order valence-corrected chi connectivity index (χ3v) is 3.88. The van der Waals surface area contributed by atoms with Gasteiger partial charge in [-0.3, -0.25) is 14.5 Å². The van der Waals surface area contributed by atoms with Crippen LogP contribution in [0.2, 0.25) is 0 Å². The fraction of sp³-hybridized carbons (Fsp3) is 0.750. The Morgan fingerprint density at radius 1 is 1.35 bits per heavy atom. The summed E-state index contributed by atoms with van der Waals surface area (Å²) in [6, 6.07) is -0.119. The van der Waals surface area contributed by atoms with Crippen molar-refractivity contribution >= 4 is 30.3 Å². The molecular formula is C12H21ClN4O3. The van der Waals surface area contributed by atoms with Crippen molar-refractivity contribution < 1.29 is 14.4 Å². The fourth-order valence-corrected chi connectivity index (χ4v) is 2.46. The van der Waals surface area contributed by atoms with Gasteiger partial charge in [-0.05, 0) is 13.8 Å². The molecule has 4 amide bonds. The molecule has 0 bridgehead atoms. The van der Waals surface area contributed by atoms with E-state index in [2.05, 4.69) is 5.32 Å². The second-order valence-electron chi connectivity index (χ2n) is 5.19. The third-order valence-electron chi connectivity index (χ3n) is 3.88. The van der Waals surface area contributed by atoms with Crippen LogP contribution in [0, 0.1) is 0 Å². The molecule has 0 saturated carbocycles. The van der Waals surface area contributed by atoms with Crippen LogP contribution in [0.15, 0.2) is 0 Å². The summed E-state index contributed by atoms with van der Waals surface area (Å²) < 4.78 is 0. The molecule has 20 heavy (non-hydrogen) atoms. The van der Waals surface area contributed by atoms with Crippen LogP contribution in [0.4, 0.5) is 4.79 Å². The first-order valence-electron chi connectivity index (χ1n) is 6.50. The number of urea groups is 1. The zero-order chi connectivity index (χ0) is 14.2. The van der Waals surface area contributed by atoms with Gasteiger partial charge in [0.05, 0.1) is 0 Å². The lowest BCUT2D eigenvalue weighted by molar-refractivity contribution is -0.139. The highest BCUT2D eigenvalue weighted by Gasteiger charge is 2.37. The summed E-state index contributed by atoms with van der Waals surface area (Å²) in [6.45, 7) is 5.23. The van der Waals surface area contributed by atoms with Crippen LogP contribution >= 0.6 is 12.4 Å². The first-order valence-corrected chi connectivity index (χ1v) is 6.50. The van der Waals surface area contributed by atoms with Gasteiger partial charge in [-0.25, -0.2) is 4.79 Å². The number of nitrogens with zero attached hydrogens (tertiary/aromatic N) is 3. The molecule has 0 aromatic carbocycles. The molecule has 2 aliphatic rings. The van der Waals surface area contributed by atoms with Crippen molar-refractivity contribution in [3.8, 4) is 0 Å². The van der Waals surface area contributed by atoms with Gasteiger partial charge in [-0.2, -0.15) is 0 Å².